The van der Waals surface area contributed by atoms with Crippen LogP contribution in [0.1, 0.15) is 30.5 Å². The van der Waals surface area contributed by atoms with E-state index in [0.29, 0.717) is 18.8 Å². The average molecular weight is 419 g/mol. The van der Waals surface area contributed by atoms with Gasteiger partial charge in [0.1, 0.15) is 29.7 Å². The van der Waals surface area contributed by atoms with E-state index < -0.39 is 0 Å². The van der Waals surface area contributed by atoms with Gasteiger partial charge in [-0.15, -0.1) is 0 Å². The number of amides is 1. The number of nitrogens with one attached hydrogen (secondary N) is 1. The van der Waals surface area contributed by atoms with Crippen molar-refractivity contribution in [1.82, 2.24) is 20.1 Å². The third kappa shape index (κ3) is 5.48. The van der Waals surface area contributed by atoms with Crippen LogP contribution in [0.25, 0.3) is 0 Å². The van der Waals surface area contributed by atoms with Crippen molar-refractivity contribution in [2.45, 2.75) is 39.0 Å². The highest BCUT2D eigenvalue weighted by atomic mass is 16.6. The van der Waals surface area contributed by atoms with E-state index in [0.717, 1.165) is 28.9 Å². The fourth-order valence-corrected chi connectivity index (χ4v) is 3.45. The molecule has 0 unspecified atom stereocenters. The molecule has 2 aromatic carbocycles. The number of nitrogens with zero attached hydrogens (tertiary/aromatic N) is 4. The summed E-state index contributed by atoms with van der Waals surface area (Å²) in [4.78, 5) is 21.5. The summed E-state index contributed by atoms with van der Waals surface area (Å²) in [6.07, 6.45) is 3.89. The van der Waals surface area contributed by atoms with Crippen LogP contribution in [0.5, 0.6) is 5.75 Å². The molecule has 0 saturated carbocycles. The van der Waals surface area contributed by atoms with E-state index in [1.165, 1.54) is 6.33 Å². The lowest BCUT2D eigenvalue weighted by Gasteiger charge is -2.16. The molecular formula is C23H25N5O3. The van der Waals surface area contributed by atoms with Crippen molar-refractivity contribution in [2.24, 2.45) is 5.16 Å². The zero-order valence-corrected chi connectivity index (χ0v) is 17.6. The molecule has 0 fully saturated rings. The number of hydrogen-bond donors (Lipinski definition) is 1. The standard InChI is InChI=1S/C23H25N5O3/c1-23(2)11-19-10-18(8-9-21(19)31-23)20(13-28-16-24-15-26-28)27-30-14-22(29)25-12-17-6-4-3-5-7-17/h3-10,15-16H,11-14H2,1-2H3,(H,25,29)/b27-20+. The number of oxime groups is 1. The van der Waals surface area contributed by atoms with Gasteiger partial charge in [0.2, 0.25) is 0 Å². The fourth-order valence-electron chi connectivity index (χ4n) is 3.45. The van der Waals surface area contributed by atoms with Crippen LogP contribution in [-0.4, -0.2) is 38.6 Å². The minimum Gasteiger partial charge on any atom is -0.487 e. The zero-order chi connectivity index (χ0) is 21.7. The van der Waals surface area contributed by atoms with Crippen LogP contribution in [0.15, 0.2) is 66.3 Å². The quantitative estimate of drug-likeness (QED) is 0.448. The molecule has 8 heteroatoms. The smallest absolute Gasteiger partial charge is 0.261 e. The van der Waals surface area contributed by atoms with Gasteiger partial charge in [-0.3, -0.25) is 4.79 Å². The molecule has 8 nitrogen and oxygen atoms in total. The minimum absolute atomic E-state index is 0.172. The first-order valence-corrected chi connectivity index (χ1v) is 10.1. The summed E-state index contributed by atoms with van der Waals surface area (Å²) in [6, 6.07) is 15.6. The number of rotatable bonds is 8. The Balaban J connectivity index is 1.43. The molecule has 0 radical (unpaired) electrons. The molecule has 31 heavy (non-hydrogen) atoms. The van der Waals surface area contributed by atoms with Crippen molar-refractivity contribution in [2.75, 3.05) is 6.61 Å². The predicted octanol–water partition coefficient (Wildman–Crippen LogP) is 2.73. The first-order chi connectivity index (χ1) is 15.0. The fraction of sp³-hybridized carbons (Fsp3) is 0.304. The van der Waals surface area contributed by atoms with Gasteiger partial charge in [-0.05, 0) is 43.2 Å². The van der Waals surface area contributed by atoms with Gasteiger partial charge < -0.3 is 14.9 Å². The molecular weight excluding hydrogens is 394 g/mol. The molecule has 160 valence electrons. The molecule has 0 aliphatic carbocycles. The number of ether oxygens (including phenoxy) is 1. The number of carbonyl (C=O) groups excluding carboxylic acids is 1. The Morgan fingerprint density at radius 2 is 2.10 bits per heavy atom. The Labute approximate surface area is 180 Å². The summed E-state index contributed by atoms with van der Waals surface area (Å²) in [6.45, 7) is 4.77. The lowest BCUT2D eigenvalue weighted by atomic mass is 9.99. The molecule has 0 saturated heterocycles. The normalized spacial score (nSPS) is 14.6. The molecule has 1 aliphatic heterocycles. The molecule has 1 aromatic heterocycles. The van der Waals surface area contributed by atoms with Crippen LogP contribution in [0, 0.1) is 0 Å². The second-order valence-corrected chi connectivity index (χ2v) is 8.03. The number of hydrogen-bond acceptors (Lipinski definition) is 6. The number of aromatic nitrogens is 3. The zero-order valence-electron chi connectivity index (χ0n) is 17.6. The van der Waals surface area contributed by atoms with Crippen molar-refractivity contribution >= 4 is 11.6 Å². The van der Waals surface area contributed by atoms with Crippen LogP contribution in [-0.2, 0) is 29.1 Å². The lowest BCUT2D eigenvalue weighted by molar-refractivity contribution is -0.125. The molecule has 1 aliphatic rings. The van der Waals surface area contributed by atoms with Gasteiger partial charge >= 0.3 is 0 Å². The molecule has 2 heterocycles. The van der Waals surface area contributed by atoms with Gasteiger partial charge in [0.05, 0.1) is 6.54 Å². The lowest BCUT2D eigenvalue weighted by Crippen LogP contribution is -2.26. The van der Waals surface area contributed by atoms with E-state index in [1.807, 2.05) is 42.5 Å². The van der Waals surface area contributed by atoms with Crippen molar-refractivity contribution in [3.63, 3.8) is 0 Å². The molecule has 1 N–H and O–H groups in total. The first kappa shape index (κ1) is 20.6. The largest absolute Gasteiger partial charge is 0.487 e. The van der Waals surface area contributed by atoms with E-state index in [2.05, 4.69) is 40.5 Å². The Morgan fingerprint density at radius 3 is 2.87 bits per heavy atom. The number of benzene rings is 2. The van der Waals surface area contributed by atoms with Crippen LogP contribution < -0.4 is 10.1 Å². The average Bonchev–Trinajstić information content (AvgIpc) is 3.37. The second-order valence-electron chi connectivity index (χ2n) is 8.03. The summed E-state index contributed by atoms with van der Waals surface area (Å²) in [5.41, 5.74) is 3.45. The van der Waals surface area contributed by atoms with Crippen molar-refractivity contribution in [3.05, 3.63) is 77.9 Å². The van der Waals surface area contributed by atoms with E-state index in [1.54, 1.807) is 11.0 Å². The van der Waals surface area contributed by atoms with Gasteiger partial charge in [0.25, 0.3) is 5.91 Å². The summed E-state index contributed by atoms with van der Waals surface area (Å²) >= 11 is 0. The molecule has 0 bridgehead atoms. The monoisotopic (exact) mass is 419 g/mol. The van der Waals surface area contributed by atoms with E-state index in [-0.39, 0.29) is 18.1 Å². The molecule has 0 atom stereocenters. The van der Waals surface area contributed by atoms with E-state index >= 15 is 0 Å². The summed E-state index contributed by atoms with van der Waals surface area (Å²) in [5.74, 6) is 0.645. The minimum atomic E-state index is -0.239. The van der Waals surface area contributed by atoms with Crippen LogP contribution >= 0.6 is 0 Å². The number of carbonyl (C=O) groups is 1. The van der Waals surface area contributed by atoms with Crippen molar-refractivity contribution in [3.8, 4) is 5.75 Å². The van der Waals surface area contributed by atoms with Gasteiger partial charge in [-0.1, -0.05) is 35.5 Å². The summed E-state index contributed by atoms with van der Waals surface area (Å²) in [5, 5.41) is 11.2. The summed E-state index contributed by atoms with van der Waals surface area (Å²) < 4.78 is 7.62. The van der Waals surface area contributed by atoms with Crippen LogP contribution in [0.2, 0.25) is 0 Å². The molecule has 3 aromatic rings. The molecule has 0 spiro atoms. The van der Waals surface area contributed by atoms with Gasteiger partial charge in [0.15, 0.2) is 6.61 Å². The first-order valence-electron chi connectivity index (χ1n) is 10.1. The van der Waals surface area contributed by atoms with Crippen LogP contribution in [0.3, 0.4) is 0 Å². The highest BCUT2D eigenvalue weighted by Gasteiger charge is 2.30. The maximum atomic E-state index is 12.1. The van der Waals surface area contributed by atoms with Crippen molar-refractivity contribution < 1.29 is 14.4 Å². The molecule has 4 rings (SSSR count). The Morgan fingerprint density at radius 1 is 1.26 bits per heavy atom. The van der Waals surface area contributed by atoms with Gasteiger partial charge in [-0.2, -0.15) is 5.10 Å². The Hall–Kier alpha value is -3.68. The third-order valence-corrected chi connectivity index (χ3v) is 4.88. The third-order valence-electron chi connectivity index (χ3n) is 4.88. The molecule has 1 amide bonds. The highest BCUT2D eigenvalue weighted by molar-refractivity contribution is 6.00. The van der Waals surface area contributed by atoms with Gasteiger partial charge in [0, 0.05) is 18.5 Å². The van der Waals surface area contributed by atoms with E-state index in [9.17, 15) is 4.79 Å². The van der Waals surface area contributed by atoms with Crippen molar-refractivity contribution in [1.29, 1.82) is 0 Å². The highest BCUT2D eigenvalue weighted by Crippen LogP contribution is 2.35. The predicted molar refractivity (Wildman–Crippen MR) is 116 cm³/mol. The maximum absolute atomic E-state index is 12.1. The maximum Gasteiger partial charge on any atom is 0.261 e. The van der Waals surface area contributed by atoms with E-state index in [4.69, 9.17) is 9.57 Å². The summed E-state index contributed by atoms with van der Waals surface area (Å²) in [7, 11) is 0. The second kappa shape index (κ2) is 8.99. The van der Waals surface area contributed by atoms with Gasteiger partial charge in [-0.25, -0.2) is 9.67 Å². The number of fused-ring (bicyclic) bond motifs is 1. The Kier molecular flexibility index (Phi) is 5.97. The Bertz CT molecular complexity index is 1060. The topological polar surface area (TPSA) is 90.6 Å². The SMILES string of the molecule is CC1(C)Cc2cc(/C(Cn3cncn3)=N/OCC(=O)NCc3ccccc3)ccc2O1. The van der Waals surface area contributed by atoms with Crippen LogP contribution in [0.4, 0.5) is 0 Å².